The number of hydrogen-bond donors (Lipinski definition) is 1. The lowest BCUT2D eigenvalue weighted by Gasteiger charge is -2.37. The second-order valence-electron chi connectivity index (χ2n) is 6.04. The minimum atomic E-state index is -4.19. The second-order valence-corrected chi connectivity index (χ2v) is 7.95. The van der Waals surface area contributed by atoms with Crippen LogP contribution >= 0.6 is 0 Å². The number of benzene rings is 2. The van der Waals surface area contributed by atoms with Gasteiger partial charge >= 0.3 is 5.97 Å². The highest BCUT2D eigenvalue weighted by atomic mass is 32.2. The Labute approximate surface area is 158 Å². The second kappa shape index (κ2) is 7.32. The van der Waals surface area contributed by atoms with E-state index in [1.165, 1.54) is 30.2 Å². The van der Waals surface area contributed by atoms with E-state index in [-0.39, 0.29) is 21.9 Å². The van der Waals surface area contributed by atoms with E-state index in [4.69, 9.17) is 9.84 Å². The number of nitrogens with zero attached hydrogens (tertiary/aromatic N) is 2. The maximum atomic E-state index is 14.0. The number of halogens is 3. The number of methoxy groups -OCH3 is 1. The smallest absolute Gasteiger partial charge is 0.323 e. The van der Waals surface area contributed by atoms with E-state index in [1.807, 2.05) is 0 Å². The monoisotopic (exact) mass is 416 g/mol. The van der Waals surface area contributed by atoms with Crippen molar-refractivity contribution < 1.29 is 36.2 Å². The summed E-state index contributed by atoms with van der Waals surface area (Å²) in [5.41, 5.74) is -0.241. The van der Waals surface area contributed by atoms with Crippen LogP contribution in [0.2, 0.25) is 0 Å². The van der Waals surface area contributed by atoms with Crippen LogP contribution in [-0.4, -0.2) is 44.1 Å². The molecule has 0 bridgehead atoms. The van der Waals surface area contributed by atoms with Gasteiger partial charge in [-0.05, 0) is 18.2 Å². The molecule has 0 spiro atoms. The van der Waals surface area contributed by atoms with Gasteiger partial charge in [0, 0.05) is 24.2 Å². The fourth-order valence-electron chi connectivity index (χ4n) is 2.88. The molecule has 7 nitrogen and oxygen atoms in total. The van der Waals surface area contributed by atoms with E-state index >= 15 is 0 Å². The molecule has 0 atom stereocenters. The Bertz CT molecular complexity index is 1050. The fraction of sp³-hybridized carbons (Fsp3) is 0.235. The van der Waals surface area contributed by atoms with E-state index in [2.05, 4.69) is 0 Å². The predicted octanol–water partition coefficient (Wildman–Crippen LogP) is 2.17. The van der Waals surface area contributed by atoms with Crippen molar-refractivity contribution in [3.05, 3.63) is 53.3 Å². The van der Waals surface area contributed by atoms with Gasteiger partial charge in [-0.1, -0.05) is 0 Å². The van der Waals surface area contributed by atoms with Crippen molar-refractivity contribution in [1.29, 1.82) is 0 Å². The zero-order valence-corrected chi connectivity index (χ0v) is 15.3. The Balaban J connectivity index is 2.07. The fourth-order valence-corrected chi connectivity index (χ4v) is 4.48. The molecular weight excluding hydrogens is 401 g/mol. The van der Waals surface area contributed by atoms with Crippen molar-refractivity contribution >= 4 is 21.7 Å². The summed E-state index contributed by atoms with van der Waals surface area (Å²) in [4.78, 5) is 12.2. The van der Waals surface area contributed by atoms with Gasteiger partial charge in [-0.2, -0.15) is 4.31 Å². The molecule has 1 aliphatic heterocycles. The highest BCUT2D eigenvalue weighted by Crippen LogP contribution is 2.36. The molecule has 0 unspecified atom stereocenters. The number of ether oxygens (including phenoxy) is 1. The van der Waals surface area contributed by atoms with Crippen LogP contribution in [0, 0.1) is 17.5 Å². The third-order valence-electron chi connectivity index (χ3n) is 4.22. The molecule has 11 heteroatoms. The Morgan fingerprint density at radius 3 is 2.46 bits per heavy atom. The molecule has 1 aliphatic rings. The van der Waals surface area contributed by atoms with Crippen molar-refractivity contribution in [2.75, 3.05) is 25.2 Å². The van der Waals surface area contributed by atoms with Crippen LogP contribution in [0.5, 0.6) is 5.75 Å². The van der Waals surface area contributed by atoms with Crippen molar-refractivity contribution in [2.24, 2.45) is 0 Å². The van der Waals surface area contributed by atoms with Crippen LogP contribution in [0.15, 0.2) is 35.2 Å². The van der Waals surface area contributed by atoms with Crippen LogP contribution in [0.3, 0.4) is 0 Å². The number of carboxylic acid groups (broad SMARTS) is 1. The summed E-state index contributed by atoms with van der Waals surface area (Å²) in [7, 11) is -2.85. The van der Waals surface area contributed by atoms with Gasteiger partial charge in [0.25, 0.3) is 0 Å². The molecular formula is C17H15F3N2O5S. The molecule has 2 aromatic rings. The van der Waals surface area contributed by atoms with E-state index in [0.717, 1.165) is 4.31 Å². The molecule has 1 N–H and O–H groups in total. The highest BCUT2D eigenvalue weighted by molar-refractivity contribution is 7.89. The first-order valence-corrected chi connectivity index (χ1v) is 9.36. The number of anilines is 1. The first-order valence-electron chi connectivity index (χ1n) is 7.92. The Morgan fingerprint density at radius 2 is 1.82 bits per heavy atom. The van der Waals surface area contributed by atoms with E-state index < -0.39 is 53.2 Å². The Hall–Kier alpha value is -2.79. The van der Waals surface area contributed by atoms with Crippen molar-refractivity contribution in [3.8, 4) is 5.75 Å². The Morgan fingerprint density at radius 1 is 1.14 bits per heavy atom. The zero-order chi connectivity index (χ0) is 20.6. The molecule has 1 heterocycles. The van der Waals surface area contributed by atoms with Crippen LogP contribution in [0.1, 0.15) is 5.56 Å². The maximum absolute atomic E-state index is 14.0. The maximum Gasteiger partial charge on any atom is 0.323 e. The van der Waals surface area contributed by atoms with Gasteiger partial charge in [0.1, 0.15) is 23.0 Å². The number of aliphatic carboxylic acids is 1. The van der Waals surface area contributed by atoms with Gasteiger partial charge in [0.05, 0.1) is 19.5 Å². The SMILES string of the molecule is COc1ccc2c(c1)S(=O)(=O)N(Cc1cc(F)c(F)cc1F)CN2CC(=O)O. The minimum Gasteiger partial charge on any atom is -0.497 e. The summed E-state index contributed by atoms with van der Waals surface area (Å²) >= 11 is 0. The van der Waals surface area contributed by atoms with Gasteiger partial charge in [-0.15, -0.1) is 0 Å². The van der Waals surface area contributed by atoms with Crippen molar-refractivity contribution in [3.63, 3.8) is 0 Å². The summed E-state index contributed by atoms with van der Waals surface area (Å²) in [5.74, 6) is -4.82. The molecule has 0 fully saturated rings. The van der Waals surface area contributed by atoms with Gasteiger partial charge in [0.2, 0.25) is 10.0 Å². The number of carboxylic acids is 1. The van der Waals surface area contributed by atoms with Crippen LogP contribution in [-0.2, 0) is 21.4 Å². The molecule has 0 saturated heterocycles. The van der Waals surface area contributed by atoms with E-state index in [0.29, 0.717) is 12.1 Å². The van der Waals surface area contributed by atoms with Crippen LogP contribution in [0.4, 0.5) is 18.9 Å². The topological polar surface area (TPSA) is 87.2 Å². The van der Waals surface area contributed by atoms with Crippen LogP contribution < -0.4 is 9.64 Å². The van der Waals surface area contributed by atoms with Crippen molar-refractivity contribution in [1.82, 2.24) is 4.31 Å². The number of rotatable bonds is 5. The summed E-state index contributed by atoms with van der Waals surface area (Å²) in [5, 5.41) is 9.12. The molecule has 0 aromatic heterocycles. The standard InChI is InChI=1S/C17H15F3N2O5S/c1-27-11-2-3-15-16(5-11)28(25,26)22(9-21(15)8-17(23)24)7-10-4-13(19)14(20)6-12(10)18/h2-6H,7-9H2,1H3,(H,23,24). The molecule has 0 amide bonds. The number of carbonyl (C=O) groups is 1. The van der Waals surface area contributed by atoms with Crippen molar-refractivity contribution in [2.45, 2.75) is 11.4 Å². The molecule has 2 aromatic carbocycles. The summed E-state index contributed by atoms with van der Waals surface area (Å²) in [6, 6.07) is 5.00. The normalized spacial score (nSPS) is 15.9. The lowest BCUT2D eigenvalue weighted by atomic mass is 10.2. The van der Waals surface area contributed by atoms with Gasteiger partial charge in [0.15, 0.2) is 11.6 Å². The average molecular weight is 416 g/mol. The third kappa shape index (κ3) is 3.62. The zero-order valence-electron chi connectivity index (χ0n) is 14.5. The van der Waals surface area contributed by atoms with Gasteiger partial charge < -0.3 is 14.7 Å². The Kier molecular flexibility index (Phi) is 5.22. The third-order valence-corrected chi connectivity index (χ3v) is 6.02. The lowest BCUT2D eigenvalue weighted by molar-refractivity contribution is -0.135. The lowest BCUT2D eigenvalue weighted by Crippen LogP contribution is -2.47. The minimum absolute atomic E-state index is 0.144. The molecule has 0 aliphatic carbocycles. The molecule has 28 heavy (non-hydrogen) atoms. The predicted molar refractivity (Wildman–Crippen MR) is 91.9 cm³/mol. The quantitative estimate of drug-likeness (QED) is 0.752. The summed E-state index contributed by atoms with van der Waals surface area (Å²) < 4.78 is 72.4. The van der Waals surface area contributed by atoms with E-state index in [1.54, 1.807) is 0 Å². The number of hydrogen-bond acceptors (Lipinski definition) is 5. The molecule has 3 rings (SSSR count). The number of fused-ring (bicyclic) bond motifs is 1. The molecule has 0 saturated carbocycles. The first-order chi connectivity index (χ1) is 13.1. The molecule has 0 radical (unpaired) electrons. The van der Waals surface area contributed by atoms with E-state index in [9.17, 15) is 26.4 Å². The first kappa shape index (κ1) is 20.0. The van der Waals surface area contributed by atoms with Gasteiger partial charge in [-0.25, -0.2) is 21.6 Å². The highest BCUT2D eigenvalue weighted by Gasteiger charge is 2.37. The number of sulfonamides is 1. The molecule has 150 valence electrons. The summed E-state index contributed by atoms with van der Waals surface area (Å²) in [6.07, 6.45) is 0. The average Bonchev–Trinajstić information content (AvgIpc) is 2.62. The van der Waals surface area contributed by atoms with Gasteiger partial charge in [-0.3, -0.25) is 4.79 Å². The largest absolute Gasteiger partial charge is 0.497 e. The summed E-state index contributed by atoms with van der Waals surface area (Å²) in [6.45, 7) is -1.55. The van der Waals surface area contributed by atoms with Crippen LogP contribution in [0.25, 0.3) is 0 Å².